The maximum Gasteiger partial charge on any atom is 0.241 e. The number of aliphatic hydroxyl groups excluding tert-OH is 1. The van der Waals surface area contributed by atoms with Crippen LogP contribution in [0, 0.1) is 0 Å². The Balaban J connectivity index is 1.75. The summed E-state index contributed by atoms with van der Waals surface area (Å²) in [4.78, 5) is 12.2. The first-order valence-electron chi connectivity index (χ1n) is 7.38. The minimum absolute atomic E-state index is 0.134. The van der Waals surface area contributed by atoms with Crippen LogP contribution in [0.5, 0.6) is 0 Å². The summed E-state index contributed by atoms with van der Waals surface area (Å²) >= 11 is 0. The molecular weight excluding hydrogens is 282 g/mol. The van der Waals surface area contributed by atoms with Crippen molar-refractivity contribution in [2.75, 3.05) is 11.9 Å². The van der Waals surface area contributed by atoms with Gasteiger partial charge in [0.05, 0.1) is 12.1 Å². The molecule has 1 aliphatic rings. The Labute approximate surface area is 128 Å². The predicted octanol–water partition coefficient (Wildman–Crippen LogP) is 0.626. The van der Waals surface area contributed by atoms with E-state index in [0.717, 1.165) is 17.9 Å². The average Bonchev–Trinajstić information content (AvgIpc) is 3.15. The van der Waals surface area contributed by atoms with E-state index in [2.05, 4.69) is 20.8 Å². The van der Waals surface area contributed by atoms with Gasteiger partial charge in [-0.2, -0.15) is 0 Å². The lowest BCUT2D eigenvalue weighted by atomic mass is 10.1. The number of benzene rings is 1. The SMILES string of the molecule is CCn1cnnc1-c1cccc(NC(=O)C2CC(O)CN2)c1. The van der Waals surface area contributed by atoms with Gasteiger partial charge in [-0.1, -0.05) is 12.1 Å². The van der Waals surface area contributed by atoms with Gasteiger partial charge in [-0.05, 0) is 25.5 Å². The number of hydrogen-bond acceptors (Lipinski definition) is 5. The third-order valence-corrected chi connectivity index (χ3v) is 3.77. The first kappa shape index (κ1) is 14.7. The zero-order valence-electron chi connectivity index (χ0n) is 12.4. The average molecular weight is 301 g/mol. The van der Waals surface area contributed by atoms with Gasteiger partial charge in [-0.25, -0.2) is 0 Å². The van der Waals surface area contributed by atoms with E-state index in [1.807, 2.05) is 35.8 Å². The Morgan fingerprint density at radius 2 is 2.41 bits per heavy atom. The Kier molecular flexibility index (Phi) is 4.17. The molecule has 3 N–H and O–H groups in total. The fourth-order valence-corrected chi connectivity index (χ4v) is 2.59. The van der Waals surface area contributed by atoms with Gasteiger partial charge in [-0.15, -0.1) is 10.2 Å². The monoisotopic (exact) mass is 301 g/mol. The summed E-state index contributed by atoms with van der Waals surface area (Å²) in [6, 6.07) is 7.16. The molecule has 1 saturated heterocycles. The van der Waals surface area contributed by atoms with E-state index in [1.54, 1.807) is 6.33 Å². The van der Waals surface area contributed by atoms with E-state index in [1.165, 1.54) is 0 Å². The second-order valence-corrected chi connectivity index (χ2v) is 5.36. The van der Waals surface area contributed by atoms with E-state index in [-0.39, 0.29) is 11.9 Å². The Bertz CT molecular complexity index is 669. The van der Waals surface area contributed by atoms with Crippen LogP contribution in [0.2, 0.25) is 0 Å². The van der Waals surface area contributed by atoms with Crippen molar-refractivity contribution in [2.24, 2.45) is 0 Å². The van der Waals surface area contributed by atoms with Crippen LogP contribution in [0.3, 0.4) is 0 Å². The lowest BCUT2D eigenvalue weighted by Crippen LogP contribution is -2.35. The van der Waals surface area contributed by atoms with Crippen LogP contribution in [0.1, 0.15) is 13.3 Å². The van der Waals surface area contributed by atoms with Crippen molar-refractivity contribution in [1.29, 1.82) is 0 Å². The van der Waals surface area contributed by atoms with Gasteiger partial charge in [0.2, 0.25) is 5.91 Å². The molecule has 1 aromatic heterocycles. The standard InChI is InChI=1S/C15H19N5O2/c1-2-20-9-17-19-14(20)10-4-3-5-11(6-10)18-15(22)13-7-12(21)8-16-13/h3-6,9,12-13,16,21H,2,7-8H2,1H3,(H,18,22). The van der Waals surface area contributed by atoms with Crippen molar-refractivity contribution in [3.8, 4) is 11.4 Å². The van der Waals surface area contributed by atoms with E-state index < -0.39 is 6.10 Å². The van der Waals surface area contributed by atoms with Gasteiger partial charge in [0, 0.05) is 24.3 Å². The molecular formula is C15H19N5O2. The van der Waals surface area contributed by atoms with Crippen LogP contribution in [0.4, 0.5) is 5.69 Å². The molecule has 1 fully saturated rings. The minimum atomic E-state index is -0.454. The Hall–Kier alpha value is -2.25. The number of anilines is 1. The van der Waals surface area contributed by atoms with Crippen molar-refractivity contribution in [1.82, 2.24) is 20.1 Å². The molecule has 3 rings (SSSR count). The van der Waals surface area contributed by atoms with Crippen molar-refractivity contribution in [3.63, 3.8) is 0 Å². The Morgan fingerprint density at radius 3 is 3.14 bits per heavy atom. The molecule has 1 amide bonds. The van der Waals surface area contributed by atoms with Crippen molar-refractivity contribution >= 4 is 11.6 Å². The van der Waals surface area contributed by atoms with Gasteiger partial charge in [0.1, 0.15) is 6.33 Å². The molecule has 2 atom stereocenters. The van der Waals surface area contributed by atoms with Crippen LogP contribution >= 0.6 is 0 Å². The molecule has 0 aliphatic carbocycles. The number of amides is 1. The second-order valence-electron chi connectivity index (χ2n) is 5.36. The highest BCUT2D eigenvalue weighted by Gasteiger charge is 2.28. The number of aryl methyl sites for hydroxylation is 1. The number of hydrogen-bond donors (Lipinski definition) is 3. The molecule has 1 aliphatic heterocycles. The van der Waals surface area contributed by atoms with Crippen LogP contribution in [-0.2, 0) is 11.3 Å². The van der Waals surface area contributed by atoms with Gasteiger partial charge in [0.25, 0.3) is 0 Å². The zero-order chi connectivity index (χ0) is 15.5. The van der Waals surface area contributed by atoms with Crippen LogP contribution in [-0.4, -0.2) is 44.5 Å². The van der Waals surface area contributed by atoms with Crippen molar-refractivity contribution in [2.45, 2.75) is 32.0 Å². The summed E-state index contributed by atoms with van der Waals surface area (Å²) < 4.78 is 1.94. The number of carbonyl (C=O) groups excluding carboxylic acids is 1. The van der Waals surface area contributed by atoms with E-state index in [4.69, 9.17) is 0 Å². The molecule has 0 bridgehead atoms. The van der Waals surface area contributed by atoms with Gasteiger partial charge >= 0.3 is 0 Å². The molecule has 116 valence electrons. The first-order chi connectivity index (χ1) is 10.7. The fraction of sp³-hybridized carbons (Fsp3) is 0.400. The molecule has 0 radical (unpaired) electrons. The van der Waals surface area contributed by atoms with E-state index in [0.29, 0.717) is 18.7 Å². The third-order valence-electron chi connectivity index (χ3n) is 3.77. The zero-order valence-corrected chi connectivity index (χ0v) is 12.4. The van der Waals surface area contributed by atoms with E-state index >= 15 is 0 Å². The predicted molar refractivity (Wildman–Crippen MR) is 82.2 cm³/mol. The topological polar surface area (TPSA) is 92.1 Å². The number of nitrogens with one attached hydrogen (secondary N) is 2. The highest BCUT2D eigenvalue weighted by molar-refractivity contribution is 5.95. The maximum atomic E-state index is 12.2. The van der Waals surface area contributed by atoms with Crippen LogP contribution in [0.25, 0.3) is 11.4 Å². The quantitative estimate of drug-likeness (QED) is 0.770. The molecule has 1 aromatic carbocycles. The second kappa shape index (κ2) is 6.25. The molecule has 22 heavy (non-hydrogen) atoms. The molecule has 2 unspecified atom stereocenters. The number of aromatic nitrogens is 3. The van der Waals surface area contributed by atoms with Crippen molar-refractivity contribution in [3.05, 3.63) is 30.6 Å². The van der Waals surface area contributed by atoms with Gasteiger partial charge in [-0.3, -0.25) is 4.79 Å². The fourth-order valence-electron chi connectivity index (χ4n) is 2.59. The molecule has 7 nitrogen and oxygen atoms in total. The van der Waals surface area contributed by atoms with Gasteiger partial charge < -0.3 is 20.3 Å². The number of rotatable bonds is 4. The number of β-amino-alcohol motifs (C(OH)–C–C–N with tert-alkyl or cyclic N) is 1. The molecule has 2 heterocycles. The highest BCUT2D eigenvalue weighted by atomic mass is 16.3. The van der Waals surface area contributed by atoms with E-state index in [9.17, 15) is 9.90 Å². The summed E-state index contributed by atoms with van der Waals surface area (Å²) in [6.45, 7) is 3.26. The molecule has 7 heteroatoms. The summed E-state index contributed by atoms with van der Waals surface area (Å²) in [7, 11) is 0. The third kappa shape index (κ3) is 3.00. The number of carbonyl (C=O) groups is 1. The Morgan fingerprint density at radius 1 is 1.55 bits per heavy atom. The lowest BCUT2D eigenvalue weighted by Gasteiger charge is -2.12. The molecule has 0 saturated carbocycles. The number of aliphatic hydroxyl groups is 1. The lowest BCUT2D eigenvalue weighted by molar-refractivity contribution is -0.117. The van der Waals surface area contributed by atoms with Crippen LogP contribution < -0.4 is 10.6 Å². The number of nitrogens with zero attached hydrogens (tertiary/aromatic N) is 3. The minimum Gasteiger partial charge on any atom is -0.392 e. The summed E-state index contributed by atoms with van der Waals surface area (Å²) in [5.41, 5.74) is 1.60. The normalized spacial score (nSPS) is 21.0. The molecule has 0 spiro atoms. The summed E-state index contributed by atoms with van der Waals surface area (Å²) in [6.07, 6.45) is 1.67. The summed E-state index contributed by atoms with van der Waals surface area (Å²) in [5.74, 6) is 0.638. The smallest absolute Gasteiger partial charge is 0.241 e. The largest absolute Gasteiger partial charge is 0.392 e. The molecule has 2 aromatic rings. The highest BCUT2D eigenvalue weighted by Crippen LogP contribution is 2.21. The maximum absolute atomic E-state index is 12.2. The van der Waals surface area contributed by atoms with Crippen molar-refractivity contribution < 1.29 is 9.90 Å². The van der Waals surface area contributed by atoms with Crippen LogP contribution in [0.15, 0.2) is 30.6 Å². The van der Waals surface area contributed by atoms with Gasteiger partial charge in [0.15, 0.2) is 5.82 Å². The first-order valence-corrected chi connectivity index (χ1v) is 7.38. The summed E-state index contributed by atoms with van der Waals surface area (Å²) in [5, 5.41) is 23.4.